The number of benzene rings is 1. The van der Waals surface area contributed by atoms with Crippen molar-refractivity contribution in [3.63, 3.8) is 0 Å². The van der Waals surface area contributed by atoms with E-state index in [9.17, 15) is 8.42 Å². The Morgan fingerprint density at radius 2 is 2.10 bits per heavy atom. The van der Waals surface area contributed by atoms with Gasteiger partial charge in [0.15, 0.2) is 0 Å². The molecule has 1 aromatic rings. The van der Waals surface area contributed by atoms with Crippen molar-refractivity contribution in [3.8, 4) is 0 Å². The largest absolute Gasteiger partial charge is 0.313 e. The molecular weight excluding hydrogens is 340 g/mol. The zero-order valence-corrected chi connectivity index (χ0v) is 14.5. The Labute approximate surface area is 130 Å². The highest BCUT2D eigenvalue weighted by molar-refractivity contribution is 9.10. The summed E-state index contributed by atoms with van der Waals surface area (Å²) in [5.74, 6) is 0. The molecule has 1 N–H and O–H groups in total. The maximum atomic E-state index is 12.5. The topological polar surface area (TPSA) is 49.4 Å². The smallest absolute Gasteiger partial charge is 0.244 e. The average Bonchev–Trinajstić information content (AvgIpc) is 2.36. The number of hydrogen-bond donors (Lipinski definition) is 1. The van der Waals surface area contributed by atoms with Crippen molar-refractivity contribution in [1.29, 1.82) is 0 Å². The lowest BCUT2D eigenvalue weighted by atomic mass is 10.2. The summed E-state index contributed by atoms with van der Waals surface area (Å²) in [6.07, 6.45) is 0. The quantitative estimate of drug-likeness (QED) is 0.760. The van der Waals surface area contributed by atoms with Gasteiger partial charge < -0.3 is 5.32 Å². The monoisotopic (exact) mass is 360 g/mol. The third kappa shape index (κ3) is 4.41. The molecule has 0 aliphatic carbocycles. The summed E-state index contributed by atoms with van der Waals surface area (Å²) < 4.78 is 27.0. The van der Waals surface area contributed by atoms with Gasteiger partial charge in [-0.3, -0.25) is 0 Å². The second-order valence-corrected chi connectivity index (χ2v) is 7.63. The summed E-state index contributed by atoms with van der Waals surface area (Å²) in [4.78, 5) is 0.289. The van der Waals surface area contributed by atoms with Crippen molar-refractivity contribution < 1.29 is 8.42 Å². The van der Waals surface area contributed by atoms with Gasteiger partial charge in [-0.1, -0.05) is 25.1 Å². The molecule has 0 radical (unpaired) electrons. The van der Waals surface area contributed by atoms with E-state index in [1.165, 1.54) is 4.31 Å². The van der Waals surface area contributed by atoms with Gasteiger partial charge in [-0.2, -0.15) is 4.31 Å². The number of nitrogens with zero attached hydrogens (tertiary/aromatic N) is 1. The second-order valence-electron chi connectivity index (χ2n) is 4.76. The van der Waals surface area contributed by atoms with Crippen molar-refractivity contribution in [3.05, 3.63) is 40.4 Å². The summed E-state index contributed by atoms with van der Waals surface area (Å²) in [7, 11) is -1.95. The lowest BCUT2D eigenvalue weighted by molar-refractivity contribution is 0.492. The molecule has 0 saturated heterocycles. The predicted octanol–water partition coefficient (Wildman–Crippen LogP) is 2.76. The molecule has 20 heavy (non-hydrogen) atoms. The van der Waals surface area contributed by atoms with Crippen LogP contribution in [0.5, 0.6) is 0 Å². The molecule has 1 aromatic carbocycles. The van der Waals surface area contributed by atoms with Crippen LogP contribution in [-0.4, -0.2) is 32.9 Å². The number of halogens is 1. The van der Waals surface area contributed by atoms with Gasteiger partial charge >= 0.3 is 0 Å². The summed E-state index contributed by atoms with van der Waals surface area (Å²) >= 11 is 3.32. The molecule has 0 aliphatic heterocycles. The van der Waals surface area contributed by atoms with Crippen LogP contribution < -0.4 is 5.32 Å². The van der Waals surface area contributed by atoms with Crippen LogP contribution >= 0.6 is 15.9 Å². The van der Waals surface area contributed by atoms with Crippen LogP contribution in [0, 0.1) is 0 Å². The fourth-order valence-electron chi connectivity index (χ4n) is 1.76. The molecule has 1 rings (SSSR count). The van der Waals surface area contributed by atoms with Gasteiger partial charge in [-0.15, -0.1) is 0 Å². The highest BCUT2D eigenvalue weighted by Gasteiger charge is 2.23. The lowest BCUT2D eigenvalue weighted by Gasteiger charge is -2.18. The van der Waals surface area contributed by atoms with E-state index in [-0.39, 0.29) is 4.90 Å². The van der Waals surface area contributed by atoms with Crippen molar-refractivity contribution >= 4 is 26.0 Å². The molecule has 4 nitrogen and oxygen atoms in total. The Balaban J connectivity index is 3.13. The van der Waals surface area contributed by atoms with Crippen LogP contribution in [0.1, 0.15) is 19.4 Å². The number of likely N-dealkylation sites (N-methyl/N-ethyl adjacent to an activating group) is 1. The predicted molar refractivity (Wildman–Crippen MR) is 86.2 cm³/mol. The van der Waals surface area contributed by atoms with Gasteiger partial charge in [0.2, 0.25) is 10.0 Å². The number of sulfonamides is 1. The Bertz CT molecular complexity index is 585. The molecule has 0 saturated carbocycles. The molecule has 112 valence electrons. The number of rotatable bonds is 7. The molecule has 0 heterocycles. The van der Waals surface area contributed by atoms with Crippen LogP contribution in [0.3, 0.4) is 0 Å². The fourth-order valence-corrected chi connectivity index (χ4v) is 3.96. The molecule has 6 heteroatoms. The van der Waals surface area contributed by atoms with Crippen molar-refractivity contribution in [2.75, 3.05) is 20.1 Å². The zero-order valence-electron chi connectivity index (χ0n) is 12.1. The summed E-state index contributed by atoms with van der Waals surface area (Å²) in [5, 5.41) is 3.19. The first kappa shape index (κ1) is 17.4. The van der Waals surface area contributed by atoms with Crippen LogP contribution in [0.25, 0.3) is 0 Å². The van der Waals surface area contributed by atoms with Gasteiger partial charge in [0.25, 0.3) is 0 Å². The summed E-state index contributed by atoms with van der Waals surface area (Å²) in [6.45, 7) is 9.38. The Morgan fingerprint density at radius 3 is 2.65 bits per heavy atom. The van der Waals surface area contributed by atoms with E-state index in [4.69, 9.17) is 0 Å². The molecule has 0 aromatic heterocycles. The summed E-state index contributed by atoms with van der Waals surface area (Å²) in [6, 6.07) is 5.38. The van der Waals surface area contributed by atoms with Crippen LogP contribution in [-0.2, 0) is 16.6 Å². The molecule has 0 aliphatic rings. The van der Waals surface area contributed by atoms with Gasteiger partial charge in [0, 0.05) is 24.6 Å². The van der Waals surface area contributed by atoms with E-state index in [0.29, 0.717) is 17.6 Å². The van der Waals surface area contributed by atoms with Crippen molar-refractivity contribution in [2.45, 2.75) is 25.3 Å². The maximum Gasteiger partial charge on any atom is 0.244 e. The third-order valence-corrected chi connectivity index (χ3v) is 5.55. The molecule has 0 spiro atoms. The molecule has 0 bridgehead atoms. The van der Waals surface area contributed by atoms with Crippen molar-refractivity contribution in [1.82, 2.24) is 9.62 Å². The van der Waals surface area contributed by atoms with E-state index in [1.54, 1.807) is 19.2 Å². The number of nitrogens with one attached hydrogen (secondary N) is 1. The molecular formula is C14H21BrN2O2S. The minimum Gasteiger partial charge on any atom is -0.313 e. The van der Waals surface area contributed by atoms with E-state index in [1.807, 2.05) is 19.9 Å². The van der Waals surface area contributed by atoms with Gasteiger partial charge in [-0.25, -0.2) is 8.42 Å². The van der Waals surface area contributed by atoms with Gasteiger partial charge in [0.1, 0.15) is 0 Å². The van der Waals surface area contributed by atoms with Crippen LogP contribution in [0.15, 0.2) is 39.7 Å². The van der Waals surface area contributed by atoms with E-state index < -0.39 is 10.0 Å². The Morgan fingerprint density at radius 1 is 1.45 bits per heavy atom. The number of hydrogen-bond acceptors (Lipinski definition) is 3. The Kier molecular flexibility index (Phi) is 6.39. The SMILES string of the molecule is C=C(C)CN(C)S(=O)(=O)c1cc(CNCC)ccc1Br. The molecule has 0 fully saturated rings. The van der Waals surface area contributed by atoms with Gasteiger partial charge in [-0.05, 0) is 47.1 Å². The lowest BCUT2D eigenvalue weighted by Crippen LogP contribution is -2.28. The highest BCUT2D eigenvalue weighted by atomic mass is 79.9. The van der Waals surface area contributed by atoms with Crippen molar-refractivity contribution in [2.24, 2.45) is 0 Å². The highest BCUT2D eigenvalue weighted by Crippen LogP contribution is 2.26. The third-order valence-electron chi connectivity index (χ3n) is 2.76. The molecule has 0 amide bonds. The second kappa shape index (κ2) is 7.36. The minimum atomic E-state index is -3.51. The van der Waals surface area contributed by atoms with E-state index in [2.05, 4.69) is 27.8 Å². The van der Waals surface area contributed by atoms with E-state index >= 15 is 0 Å². The Hall–Kier alpha value is -0.690. The van der Waals surface area contributed by atoms with Crippen LogP contribution in [0.2, 0.25) is 0 Å². The fraction of sp³-hybridized carbons (Fsp3) is 0.429. The minimum absolute atomic E-state index is 0.289. The van der Waals surface area contributed by atoms with Crippen LogP contribution in [0.4, 0.5) is 0 Å². The first-order valence-corrected chi connectivity index (χ1v) is 8.62. The zero-order chi connectivity index (χ0) is 15.3. The van der Waals surface area contributed by atoms with Gasteiger partial charge in [0.05, 0.1) is 4.90 Å². The normalized spacial score (nSPS) is 11.8. The maximum absolute atomic E-state index is 12.5. The van der Waals surface area contributed by atoms with E-state index in [0.717, 1.165) is 17.7 Å². The first-order chi connectivity index (χ1) is 9.28. The summed E-state index contributed by atoms with van der Waals surface area (Å²) in [5.41, 5.74) is 1.74. The standard InChI is InChI=1S/C14H21BrN2O2S/c1-5-16-9-12-6-7-13(15)14(8-12)20(18,19)17(4)10-11(2)3/h6-8,16H,2,5,9-10H2,1,3-4H3. The first-order valence-electron chi connectivity index (χ1n) is 6.39. The molecule has 0 unspecified atom stereocenters. The molecule has 0 atom stereocenters. The average molecular weight is 361 g/mol.